The Morgan fingerprint density at radius 2 is 1.16 bits per heavy atom. The van der Waals surface area contributed by atoms with Crippen LogP contribution < -0.4 is 5.46 Å². The molecule has 7 rings (SSSR count). The standard InChI is InChI=1S/C29H16BI/c30-27-15-14-21-20-13-12-17(31)16-26(20)29(25-11-5-8-22(27)28(21)25)23-9-3-1-6-18(23)19-7-2-4-10-24(19)29/h1-16H. The summed E-state index contributed by atoms with van der Waals surface area (Å²) in [5.74, 6) is 0. The molecule has 0 N–H and O–H groups in total. The summed E-state index contributed by atoms with van der Waals surface area (Å²) in [6.07, 6.45) is 0. The molecule has 5 aromatic rings. The molecule has 0 heterocycles. The highest BCUT2D eigenvalue weighted by Crippen LogP contribution is 2.61. The Hall–Kier alpha value is -2.85. The van der Waals surface area contributed by atoms with Gasteiger partial charge in [0.2, 0.25) is 0 Å². The van der Waals surface area contributed by atoms with Gasteiger partial charge in [-0.15, -0.1) is 0 Å². The first-order valence-electron chi connectivity index (χ1n) is 10.5. The largest absolute Gasteiger partial charge is 0.114 e. The summed E-state index contributed by atoms with van der Waals surface area (Å²) < 4.78 is 1.25. The Bertz CT molecular complexity index is 1520. The van der Waals surface area contributed by atoms with Gasteiger partial charge in [0.15, 0.2) is 0 Å². The molecule has 0 nitrogen and oxygen atoms in total. The molecule has 1 spiro atoms. The van der Waals surface area contributed by atoms with E-state index in [1.807, 2.05) is 0 Å². The highest BCUT2D eigenvalue weighted by Gasteiger charge is 2.49. The lowest BCUT2D eigenvalue weighted by Crippen LogP contribution is -2.32. The van der Waals surface area contributed by atoms with E-state index in [1.165, 1.54) is 53.5 Å². The van der Waals surface area contributed by atoms with Crippen LogP contribution in [-0.4, -0.2) is 7.85 Å². The lowest BCUT2D eigenvalue weighted by molar-refractivity contribution is 0.773. The molecule has 2 radical (unpaired) electrons. The Morgan fingerprint density at radius 1 is 0.548 bits per heavy atom. The topological polar surface area (TPSA) is 0 Å². The molecule has 0 amide bonds. The highest BCUT2D eigenvalue weighted by atomic mass is 127. The van der Waals surface area contributed by atoms with Gasteiger partial charge in [-0.25, -0.2) is 0 Å². The Morgan fingerprint density at radius 3 is 1.90 bits per heavy atom. The van der Waals surface area contributed by atoms with Crippen LogP contribution in [-0.2, 0) is 5.41 Å². The molecule has 31 heavy (non-hydrogen) atoms. The molecule has 2 heteroatoms. The molecular formula is C29H16BI. The second kappa shape index (κ2) is 6.11. The van der Waals surface area contributed by atoms with E-state index >= 15 is 0 Å². The van der Waals surface area contributed by atoms with Gasteiger partial charge in [0, 0.05) is 3.57 Å². The molecule has 0 saturated carbocycles. The molecule has 0 aromatic heterocycles. The van der Waals surface area contributed by atoms with Crippen LogP contribution >= 0.6 is 22.6 Å². The van der Waals surface area contributed by atoms with Gasteiger partial charge in [0.25, 0.3) is 0 Å². The zero-order valence-electron chi connectivity index (χ0n) is 16.7. The zero-order valence-corrected chi connectivity index (χ0v) is 18.9. The fourth-order valence-electron chi connectivity index (χ4n) is 5.99. The summed E-state index contributed by atoms with van der Waals surface area (Å²) in [7, 11) is 6.49. The molecule has 0 fully saturated rings. The van der Waals surface area contributed by atoms with E-state index in [1.54, 1.807) is 0 Å². The molecule has 0 aliphatic heterocycles. The number of hydrogen-bond donors (Lipinski definition) is 0. The van der Waals surface area contributed by atoms with Crippen LogP contribution in [0.1, 0.15) is 22.3 Å². The minimum absolute atomic E-state index is 0.343. The molecule has 5 aromatic carbocycles. The van der Waals surface area contributed by atoms with E-state index < -0.39 is 0 Å². The number of halogens is 1. The predicted octanol–water partition coefficient (Wildman–Crippen LogP) is 6.58. The van der Waals surface area contributed by atoms with Crippen LogP contribution in [0, 0.1) is 3.57 Å². The first-order chi connectivity index (χ1) is 15.2. The van der Waals surface area contributed by atoms with Crippen molar-refractivity contribution in [3.8, 4) is 22.3 Å². The summed E-state index contributed by atoms with van der Waals surface area (Å²) in [6.45, 7) is 0. The number of rotatable bonds is 0. The van der Waals surface area contributed by atoms with Crippen molar-refractivity contribution in [3.63, 3.8) is 0 Å². The fourth-order valence-corrected chi connectivity index (χ4v) is 6.48. The maximum absolute atomic E-state index is 6.49. The highest BCUT2D eigenvalue weighted by molar-refractivity contribution is 14.1. The van der Waals surface area contributed by atoms with Crippen molar-refractivity contribution in [2.45, 2.75) is 5.41 Å². The summed E-state index contributed by atoms with van der Waals surface area (Å²) in [5.41, 5.74) is 11.1. The number of fused-ring (bicyclic) bond motifs is 9. The monoisotopic (exact) mass is 502 g/mol. The van der Waals surface area contributed by atoms with Gasteiger partial charge >= 0.3 is 0 Å². The average molecular weight is 502 g/mol. The van der Waals surface area contributed by atoms with E-state index in [0.29, 0.717) is 0 Å². The van der Waals surface area contributed by atoms with Crippen molar-refractivity contribution >= 4 is 46.7 Å². The average Bonchev–Trinajstić information content (AvgIpc) is 3.10. The van der Waals surface area contributed by atoms with Crippen LogP contribution in [0.2, 0.25) is 0 Å². The molecule has 0 saturated heterocycles. The lowest BCUT2D eigenvalue weighted by Gasteiger charge is -2.40. The molecule has 0 bridgehead atoms. The van der Waals surface area contributed by atoms with Gasteiger partial charge in [-0.3, -0.25) is 0 Å². The van der Waals surface area contributed by atoms with Crippen LogP contribution in [0.4, 0.5) is 0 Å². The van der Waals surface area contributed by atoms with Gasteiger partial charge in [-0.2, -0.15) is 0 Å². The summed E-state index contributed by atoms with van der Waals surface area (Å²) in [5, 5.41) is 2.42. The smallest absolute Gasteiger partial charge is 0.0889 e. The van der Waals surface area contributed by atoms with E-state index in [9.17, 15) is 0 Å². The summed E-state index contributed by atoms with van der Waals surface area (Å²) >= 11 is 2.45. The summed E-state index contributed by atoms with van der Waals surface area (Å²) in [6, 6.07) is 35.6. The van der Waals surface area contributed by atoms with Crippen LogP contribution in [0.3, 0.4) is 0 Å². The zero-order chi connectivity index (χ0) is 20.7. The molecule has 0 unspecified atom stereocenters. The third-order valence-corrected chi connectivity index (χ3v) is 7.78. The maximum atomic E-state index is 6.49. The minimum Gasteiger partial charge on any atom is -0.0889 e. The van der Waals surface area contributed by atoms with Crippen molar-refractivity contribution in [2.75, 3.05) is 0 Å². The second-order valence-electron chi connectivity index (χ2n) is 8.46. The van der Waals surface area contributed by atoms with Gasteiger partial charge in [-0.1, -0.05) is 90.4 Å². The summed E-state index contributed by atoms with van der Waals surface area (Å²) in [4.78, 5) is 0. The van der Waals surface area contributed by atoms with E-state index in [4.69, 9.17) is 7.85 Å². The normalized spacial score (nSPS) is 14.4. The SMILES string of the molecule is [B]c1ccc2c3c(cccc13)C1(c3ccccc3-c3ccccc31)c1cc(I)ccc1-2. The number of hydrogen-bond acceptors (Lipinski definition) is 0. The van der Waals surface area contributed by atoms with Crippen molar-refractivity contribution in [1.82, 2.24) is 0 Å². The van der Waals surface area contributed by atoms with Crippen molar-refractivity contribution in [3.05, 3.63) is 123 Å². The molecule has 2 aliphatic rings. The van der Waals surface area contributed by atoms with Crippen LogP contribution in [0.5, 0.6) is 0 Å². The molecule has 142 valence electrons. The van der Waals surface area contributed by atoms with Gasteiger partial charge in [-0.05, 0) is 90.0 Å². The molecule has 2 aliphatic carbocycles. The van der Waals surface area contributed by atoms with Crippen LogP contribution in [0.15, 0.2) is 97.1 Å². The van der Waals surface area contributed by atoms with E-state index in [2.05, 4.69) is 120 Å². The van der Waals surface area contributed by atoms with Crippen molar-refractivity contribution < 1.29 is 0 Å². The first kappa shape index (κ1) is 17.8. The Kier molecular flexibility index (Phi) is 3.51. The lowest BCUT2D eigenvalue weighted by atomic mass is 9.61. The Balaban J connectivity index is 1.81. The first-order valence-corrected chi connectivity index (χ1v) is 11.6. The van der Waals surface area contributed by atoms with Gasteiger partial charge in [0.1, 0.15) is 7.85 Å². The van der Waals surface area contributed by atoms with E-state index in [0.717, 1.165) is 10.8 Å². The van der Waals surface area contributed by atoms with Gasteiger partial charge < -0.3 is 0 Å². The van der Waals surface area contributed by atoms with Gasteiger partial charge in [0.05, 0.1) is 5.41 Å². The maximum Gasteiger partial charge on any atom is 0.114 e. The third-order valence-electron chi connectivity index (χ3n) is 7.11. The molecular weight excluding hydrogens is 486 g/mol. The van der Waals surface area contributed by atoms with Crippen LogP contribution in [0.25, 0.3) is 33.0 Å². The molecule has 0 atom stereocenters. The Labute approximate surface area is 196 Å². The predicted molar refractivity (Wildman–Crippen MR) is 138 cm³/mol. The van der Waals surface area contributed by atoms with Crippen molar-refractivity contribution in [1.29, 1.82) is 0 Å². The van der Waals surface area contributed by atoms with E-state index in [-0.39, 0.29) is 5.41 Å². The third kappa shape index (κ3) is 2.07. The second-order valence-corrected chi connectivity index (χ2v) is 9.71. The van der Waals surface area contributed by atoms with Crippen molar-refractivity contribution in [2.24, 2.45) is 0 Å². The fraction of sp³-hybridized carbons (Fsp3) is 0.0345. The minimum atomic E-state index is -0.343. The number of benzene rings is 5. The quantitative estimate of drug-likeness (QED) is 0.162.